The Labute approximate surface area is 180 Å². The molecule has 0 aliphatic carbocycles. The van der Waals surface area contributed by atoms with E-state index in [1.807, 2.05) is 13.8 Å². The van der Waals surface area contributed by atoms with E-state index in [-0.39, 0.29) is 33.4 Å². The normalized spacial score (nSPS) is 21.8. The Bertz CT molecular complexity index is 1110. The van der Waals surface area contributed by atoms with E-state index in [1.54, 1.807) is 12.1 Å². The van der Waals surface area contributed by atoms with Gasteiger partial charge in [0.2, 0.25) is 10.0 Å². The molecule has 0 bridgehead atoms. The Hall–Kier alpha value is -3.04. The molecule has 2 aromatic carbocycles. The van der Waals surface area contributed by atoms with Crippen LogP contribution in [0, 0.1) is 11.8 Å². The van der Waals surface area contributed by atoms with Gasteiger partial charge in [0.25, 0.3) is 11.8 Å². The number of sulfonamides is 1. The number of piperidine rings is 1. The number of hydrogen-bond acceptors (Lipinski definition) is 6. The lowest BCUT2D eigenvalue weighted by Gasteiger charge is -2.34. The highest BCUT2D eigenvalue weighted by atomic mass is 32.2. The van der Waals surface area contributed by atoms with E-state index in [4.69, 9.17) is 4.84 Å². The highest BCUT2D eigenvalue weighted by Gasteiger charge is 2.39. The van der Waals surface area contributed by atoms with E-state index in [0.717, 1.165) is 6.42 Å². The van der Waals surface area contributed by atoms with E-state index >= 15 is 0 Å². The predicted octanol–water partition coefficient (Wildman–Crippen LogP) is 2.72. The van der Waals surface area contributed by atoms with Gasteiger partial charge in [0.1, 0.15) is 0 Å². The number of carbonyl (C=O) groups is 3. The number of rotatable bonds is 4. The zero-order valence-corrected chi connectivity index (χ0v) is 18.0. The number of fused-ring (bicyclic) bond motifs is 1. The van der Waals surface area contributed by atoms with E-state index < -0.39 is 27.8 Å². The molecule has 8 nitrogen and oxygen atoms in total. The summed E-state index contributed by atoms with van der Waals surface area (Å²) in [5.74, 6) is -1.83. The molecule has 0 aromatic heterocycles. The molecular weight excluding hydrogens is 420 g/mol. The first-order valence-corrected chi connectivity index (χ1v) is 11.4. The zero-order valence-electron chi connectivity index (χ0n) is 17.1. The van der Waals surface area contributed by atoms with Crippen LogP contribution in [0.5, 0.6) is 0 Å². The van der Waals surface area contributed by atoms with Crippen LogP contribution in [0.3, 0.4) is 0 Å². The Morgan fingerprint density at radius 3 is 1.94 bits per heavy atom. The molecule has 0 radical (unpaired) electrons. The van der Waals surface area contributed by atoms with Crippen molar-refractivity contribution >= 4 is 27.8 Å². The topological polar surface area (TPSA) is 101 Å². The van der Waals surface area contributed by atoms with Gasteiger partial charge in [-0.2, -0.15) is 4.31 Å². The number of hydrogen-bond donors (Lipinski definition) is 0. The summed E-state index contributed by atoms with van der Waals surface area (Å²) < 4.78 is 27.4. The summed E-state index contributed by atoms with van der Waals surface area (Å²) in [4.78, 5) is 42.2. The van der Waals surface area contributed by atoms with Crippen molar-refractivity contribution in [2.75, 3.05) is 13.1 Å². The highest BCUT2D eigenvalue weighted by molar-refractivity contribution is 7.89. The second kappa shape index (κ2) is 7.90. The van der Waals surface area contributed by atoms with Crippen LogP contribution in [0.15, 0.2) is 53.4 Å². The van der Waals surface area contributed by atoms with Gasteiger partial charge in [-0.1, -0.05) is 31.0 Å². The first-order valence-electron chi connectivity index (χ1n) is 9.99. The van der Waals surface area contributed by atoms with Gasteiger partial charge in [-0.3, -0.25) is 9.59 Å². The number of nitrogens with zero attached hydrogens (tertiary/aromatic N) is 2. The number of benzene rings is 2. The summed E-state index contributed by atoms with van der Waals surface area (Å²) in [5.41, 5.74) is 0.342. The molecule has 0 N–H and O–H groups in total. The Morgan fingerprint density at radius 1 is 0.903 bits per heavy atom. The number of imide groups is 1. The minimum Gasteiger partial charge on any atom is -0.324 e. The van der Waals surface area contributed by atoms with Crippen LogP contribution in [-0.4, -0.2) is 48.7 Å². The fourth-order valence-corrected chi connectivity index (χ4v) is 5.78. The molecule has 2 atom stereocenters. The number of amides is 2. The van der Waals surface area contributed by atoms with E-state index in [0.29, 0.717) is 18.2 Å². The third kappa shape index (κ3) is 3.86. The van der Waals surface area contributed by atoms with Gasteiger partial charge >= 0.3 is 5.97 Å². The van der Waals surface area contributed by atoms with Crippen LogP contribution in [-0.2, 0) is 14.9 Å². The van der Waals surface area contributed by atoms with E-state index in [1.165, 1.54) is 40.7 Å². The molecule has 2 amide bonds. The van der Waals surface area contributed by atoms with Crippen LogP contribution < -0.4 is 0 Å². The lowest BCUT2D eigenvalue weighted by atomic mass is 9.94. The van der Waals surface area contributed by atoms with Gasteiger partial charge < -0.3 is 4.84 Å². The number of hydroxylamine groups is 2. The Morgan fingerprint density at radius 2 is 1.42 bits per heavy atom. The molecule has 1 fully saturated rings. The third-order valence-corrected chi connectivity index (χ3v) is 7.34. The minimum absolute atomic E-state index is 0.0240. The van der Waals surface area contributed by atoms with Crippen molar-refractivity contribution in [2.24, 2.45) is 11.8 Å². The van der Waals surface area contributed by atoms with Crippen molar-refractivity contribution in [3.8, 4) is 0 Å². The van der Waals surface area contributed by atoms with Crippen LogP contribution >= 0.6 is 0 Å². The molecule has 2 aliphatic rings. The molecule has 2 heterocycles. The van der Waals surface area contributed by atoms with Gasteiger partial charge in [0.05, 0.1) is 21.6 Å². The quantitative estimate of drug-likeness (QED) is 0.675. The molecule has 2 aromatic rings. The molecule has 1 saturated heterocycles. The van der Waals surface area contributed by atoms with Crippen molar-refractivity contribution in [3.05, 3.63) is 65.2 Å². The van der Waals surface area contributed by atoms with E-state index in [9.17, 15) is 22.8 Å². The highest BCUT2D eigenvalue weighted by Crippen LogP contribution is 2.27. The molecule has 0 spiro atoms. The third-order valence-electron chi connectivity index (χ3n) is 5.49. The number of carbonyl (C=O) groups excluding carboxylic acids is 3. The second-order valence-corrected chi connectivity index (χ2v) is 10.1. The monoisotopic (exact) mass is 442 g/mol. The zero-order chi connectivity index (χ0) is 22.3. The van der Waals surface area contributed by atoms with Crippen LogP contribution in [0.1, 0.15) is 51.3 Å². The van der Waals surface area contributed by atoms with Gasteiger partial charge in [0.15, 0.2) is 0 Å². The van der Waals surface area contributed by atoms with Crippen molar-refractivity contribution < 1.29 is 27.6 Å². The summed E-state index contributed by atoms with van der Waals surface area (Å²) in [5, 5.41) is 0.425. The largest absolute Gasteiger partial charge is 0.363 e. The summed E-state index contributed by atoms with van der Waals surface area (Å²) in [6.45, 7) is 4.96. The van der Waals surface area contributed by atoms with Gasteiger partial charge in [-0.15, -0.1) is 0 Å². The first-order chi connectivity index (χ1) is 14.7. The minimum atomic E-state index is -3.68. The molecule has 0 saturated carbocycles. The standard InChI is InChI=1S/C22H22N2O6S/c1-14-11-15(2)13-23(12-14)31(28,29)17-9-7-16(8-10-17)22(27)30-24-20(25)18-5-3-4-6-19(18)21(24)26/h3-10,14-15H,11-13H2,1-2H3. The van der Waals surface area contributed by atoms with E-state index in [2.05, 4.69) is 0 Å². The van der Waals surface area contributed by atoms with Gasteiger partial charge in [-0.05, 0) is 54.7 Å². The first kappa shape index (κ1) is 21.2. The summed E-state index contributed by atoms with van der Waals surface area (Å²) in [6, 6.07) is 11.5. The molecule has 4 rings (SSSR count). The summed E-state index contributed by atoms with van der Waals surface area (Å²) in [7, 11) is -3.68. The molecule has 31 heavy (non-hydrogen) atoms. The van der Waals surface area contributed by atoms with Gasteiger partial charge in [0, 0.05) is 13.1 Å². The molecule has 162 valence electrons. The Kier molecular flexibility index (Phi) is 5.40. The predicted molar refractivity (Wildman–Crippen MR) is 111 cm³/mol. The lowest BCUT2D eigenvalue weighted by Crippen LogP contribution is -2.42. The maximum atomic E-state index is 13.0. The maximum absolute atomic E-state index is 13.0. The van der Waals surface area contributed by atoms with Crippen molar-refractivity contribution in [1.82, 2.24) is 9.37 Å². The van der Waals surface area contributed by atoms with Crippen LogP contribution in [0.2, 0.25) is 0 Å². The second-order valence-electron chi connectivity index (χ2n) is 8.12. The van der Waals surface area contributed by atoms with Crippen LogP contribution in [0.4, 0.5) is 0 Å². The SMILES string of the molecule is CC1CC(C)CN(S(=O)(=O)c2ccc(C(=O)ON3C(=O)c4ccccc4C3=O)cc2)C1. The molecule has 9 heteroatoms. The molecular formula is C22H22N2O6S. The van der Waals surface area contributed by atoms with Crippen LogP contribution in [0.25, 0.3) is 0 Å². The van der Waals surface area contributed by atoms with Crippen molar-refractivity contribution in [3.63, 3.8) is 0 Å². The average Bonchev–Trinajstić information content (AvgIpc) is 2.98. The summed E-state index contributed by atoms with van der Waals surface area (Å²) in [6.07, 6.45) is 0.981. The smallest absolute Gasteiger partial charge is 0.324 e. The summed E-state index contributed by atoms with van der Waals surface area (Å²) >= 11 is 0. The maximum Gasteiger partial charge on any atom is 0.363 e. The Balaban J connectivity index is 1.49. The molecule has 2 aliphatic heterocycles. The molecule has 2 unspecified atom stereocenters. The lowest BCUT2D eigenvalue weighted by molar-refractivity contribution is -0.0584. The van der Waals surface area contributed by atoms with Gasteiger partial charge in [-0.25, -0.2) is 13.2 Å². The fraction of sp³-hybridized carbons (Fsp3) is 0.318. The van der Waals surface area contributed by atoms with Crippen molar-refractivity contribution in [2.45, 2.75) is 25.2 Å². The average molecular weight is 442 g/mol. The fourth-order valence-electron chi connectivity index (χ4n) is 4.10. The van der Waals surface area contributed by atoms with Crippen molar-refractivity contribution in [1.29, 1.82) is 0 Å².